The van der Waals surface area contributed by atoms with E-state index in [-0.39, 0.29) is 24.9 Å². The summed E-state index contributed by atoms with van der Waals surface area (Å²) in [5, 5.41) is 11.9. The molecule has 0 aromatic heterocycles. The van der Waals surface area contributed by atoms with Gasteiger partial charge in [-0.25, -0.2) is 0 Å². The van der Waals surface area contributed by atoms with Gasteiger partial charge in [0.05, 0.1) is 11.3 Å². The predicted octanol–water partition coefficient (Wildman–Crippen LogP) is 0.605. The fourth-order valence-corrected chi connectivity index (χ4v) is 2.53. The second kappa shape index (κ2) is 7.59. The van der Waals surface area contributed by atoms with Crippen LogP contribution in [-0.4, -0.2) is 43.3 Å². The lowest BCUT2D eigenvalue weighted by atomic mass is 9.79. The van der Waals surface area contributed by atoms with E-state index >= 15 is 0 Å². The van der Waals surface area contributed by atoms with Crippen molar-refractivity contribution >= 4 is 11.9 Å². The molecule has 1 atom stereocenters. The quantitative estimate of drug-likeness (QED) is 0.636. The van der Waals surface area contributed by atoms with Crippen LogP contribution >= 0.6 is 0 Å². The Hall–Kier alpha value is -1.14. The van der Waals surface area contributed by atoms with E-state index in [4.69, 9.17) is 10.5 Å². The Morgan fingerprint density at radius 1 is 1.35 bits per heavy atom. The number of nitrogens with two attached hydrogens (primary N) is 1. The maximum Gasteiger partial charge on any atom is 0.308 e. The van der Waals surface area contributed by atoms with Gasteiger partial charge in [0.25, 0.3) is 0 Å². The van der Waals surface area contributed by atoms with Crippen molar-refractivity contribution < 1.29 is 19.4 Å². The number of hydrogen-bond donors (Lipinski definition) is 3. The minimum absolute atomic E-state index is 0.140. The van der Waals surface area contributed by atoms with Crippen molar-refractivity contribution in [2.24, 2.45) is 23.0 Å². The summed E-state index contributed by atoms with van der Waals surface area (Å²) in [5.41, 5.74) is 5.16. The van der Waals surface area contributed by atoms with Crippen LogP contribution in [0.15, 0.2) is 0 Å². The molecular formula is C14H26N2O4. The molecule has 1 aliphatic heterocycles. The average molecular weight is 286 g/mol. The van der Waals surface area contributed by atoms with Gasteiger partial charge in [-0.05, 0) is 25.2 Å². The topological polar surface area (TPSA) is 102 Å². The van der Waals surface area contributed by atoms with Crippen LogP contribution < -0.4 is 11.1 Å². The van der Waals surface area contributed by atoms with Crippen molar-refractivity contribution in [3.63, 3.8) is 0 Å². The minimum atomic E-state index is -0.868. The first-order valence-electron chi connectivity index (χ1n) is 7.20. The zero-order valence-corrected chi connectivity index (χ0v) is 12.4. The Morgan fingerprint density at radius 3 is 2.40 bits per heavy atom. The Balaban J connectivity index is 2.57. The van der Waals surface area contributed by atoms with Crippen LogP contribution in [0.4, 0.5) is 0 Å². The third-order valence-electron chi connectivity index (χ3n) is 3.94. The Kier molecular flexibility index (Phi) is 6.42. The largest absolute Gasteiger partial charge is 0.481 e. The first kappa shape index (κ1) is 16.9. The summed E-state index contributed by atoms with van der Waals surface area (Å²) in [5.74, 6) is -1.28. The van der Waals surface area contributed by atoms with Gasteiger partial charge in [-0.1, -0.05) is 13.8 Å². The molecule has 1 unspecified atom stereocenters. The van der Waals surface area contributed by atoms with Crippen molar-refractivity contribution in [2.45, 2.75) is 33.1 Å². The number of carbonyl (C=O) groups is 2. The van der Waals surface area contributed by atoms with E-state index in [9.17, 15) is 14.7 Å². The molecule has 116 valence electrons. The molecule has 1 amide bonds. The van der Waals surface area contributed by atoms with Crippen molar-refractivity contribution in [3.05, 3.63) is 0 Å². The van der Waals surface area contributed by atoms with E-state index in [1.54, 1.807) is 0 Å². The summed E-state index contributed by atoms with van der Waals surface area (Å²) in [7, 11) is 0. The first-order valence-corrected chi connectivity index (χ1v) is 7.20. The number of carboxylic acids is 1. The number of amides is 1. The molecule has 1 rings (SSSR count). The molecule has 0 bridgehead atoms. The van der Waals surface area contributed by atoms with E-state index in [0.29, 0.717) is 32.5 Å². The van der Waals surface area contributed by atoms with E-state index in [1.807, 2.05) is 13.8 Å². The molecule has 0 radical (unpaired) electrons. The van der Waals surface area contributed by atoms with Crippen molar-refractivity contribution in [3.8, 4) is 0 Å². The lowest BCUT2D eigenvalue weighted by Crippen LogP contribution is -2.50. The highest BCUT2D eigenvalue weighted by Crippen LogP contribution is 2.29. The molecule has 1 aliphatic rings. The van der Waals surface area contributed by atoms with Gasteiger partial charge >= 0.3 is 5.97 Å². The van der Waals surface area contributed by atoms with Crippen LogP contribution in [0, 0.1) is 17.3 Å². The van der Waals surface area contributed by atoms with Gasteiger partial charge in [0.1, 0.15) is 0 Å². The third kappa shape index (κ3) is 4.45. The number of hydrogen-bond acceptors (Lipinski definition) is 4. The SMILES string of the molecule is CC(C)CC(CNC(=O)C1(CN)CCOCC1)C(=O)O. The van der Waals surface area contributed by atoms with E-state index in [1.165, 1.54) is 0 Å². The summed E-state index contributed by atoms with van der Waals surface area (Å²) < 4.78 is 5.26. The Morgan fingerprint density at radius 2 is 1.95 bits per heavy atom. The highest BCUT2D eigenvalue weighted by Gasteiger charge is 2.39. The van der Waals surface area contributed by atoms with Crippen molar-refractivity contribution in [2.75, 3.05) is 26.3 Å². The summed E-state index contributed by atoms with van der Waals surface area (Å²) >= 11 is 0. The molecule has 0 aromatic carbocycles. The molecule has 1 saturated heterocycles. The molecule has 1 fully saturated rings. The summed E-state index contributed by atoms with van der Waals surface area (Å²) in [6, 6.07) is 0. The fraction of sp³-hybridized carbons (Fsp3) is 0.857. The smallest absolute Gasteiger partial charge is 0.308 e. The molecule has 4 N–H and O–H groups in total. The second-order valence-corrected chi connectivity index (χ2v) is 5.97. The second-order valence-electron chi connectivity index (χ2n) is 5.97. The number of aliphatic carboxylic acids is 1. The van der Waals surface area contributed by atoms with Crippen LogP contribution in [0.25, 0.3) is 0 Å². The third-order valence-corrected chi connectivity index (χ3v) is 3.94. The first-order chi connectivity index (χ1) is 9.41. The molecule has 0 aromatic rings. The number of nitrogens with one attached hydrogen (secondary N) is 1. The van der Waals surface area contributed by atoms with Gasteiger partial charge in [0.15, 0.2) is 0 Å². The number of rotatable bonds is 7. The normalized spacial score (nSPS) is 19.6. The Bertz CT molecular complexity index is 338. The summed E-state index contributed by atoms with van der Waals surface area (Å²) in [6.07, 6.45) is 1.74. The number of carbonyl (C=O) groups excluding carboxylic acids is 1. The Labute approximate surface area is 120 Å². The molecule has 0 saturated carbocycles. The molecular weight excluding hydrogens is 260 g/mol. The average Bonchev–Trinajstić information content (AvgIpc) is 2.43. The number of carboxylic acid groups (broad SMARTS) is 1. The molecule has 6 heteroatoms. The van der Waals surface area contributed by atoms with E-state index in [0.717, 1.165) is 0 Å². The number of ether oxygens (including phenoxy) is 1. The van der Waals surface area contributed by atoms with E-state index < -0.39 is 17.3 Å². The fourth-order valence-electron chi connectivity index (χ4n) is 2.53. The van der Waals surface area contributed by atoms with Crippen LogP contribution in [0.2, 0.25) is 0 Å². The standard InChI is InChI=1S/C14H26N2O4/c1-10(2)7-11(12(17)18)8-16-13(19)14(9-15)3-5-20-6-4-14/h10-11H,3-9,15H2,1-2H3,(H,16,19)(H,17,18). The highest BCUT2D eigenvalue weighted by molar-refractivity contribution is 5.83. The van der Waals surface area contributed by atoms with Crippen LogP contribution in [-0.2, 0) is 14.3 Å². The van der Waals surface area contributed by atoms with Gasteiger partial charge in [0, 0.05) is 26.3 Å². The lowest BCUT2D eigenvalue weighted by Gasteiger charge is -2.34. The van der Waals surface area contributed by atoms with Crippen LogP contribution in [0.1, 0.15) is 33.1 Å². The van der Waals surface area contributed by atoms with Crippen LogP contribution in [0.5, 0.6) is 0 Å². The minimum Gasteiger partial charge on any atom is -0.481 e. The monoisotopic (exact) mass is 286 g/mol. The zero-order chi connectivity index (χ0) is 15.2. The van der Waals surface area contributed by atoms with Gasteiger partial charge in [-0.2, -0.15) is 0 Å². The highest BCUT2D eigenvalue weighted by atomic mass is 16.5. The van der Waals surface area contributed by atoms with Gasteiger partial charge in [-0.3, -0.25) is 9.59 Å². The zero-order valence-electron chi connectivity index (χ0n) is 12.4. The maximum atomic E-state index is 12.3. The van der Waals surface area contributed by atoms with E-state index in [2.05, 4.69) is 5.32 Å². The van der Waals surface area contributed by atoms with Crippen molar-refractivity contribution in [1.29, 1.82) is 0 Å². The molecule has 6 nitrogen and oxygen atoms in total. The van der Waals surface area contributed by atoms with Crippen molar-refractivity contribution in [1.82, 2.24) is 5.32 Å². The van der Waals surface area contributed by atoms with Gasteiger partial charge < -0.3 is 20.9 Å². The molecule has 0 spiro atoms. The summed E-state index contributed by atoms with van der Waals surface area (Å²) in [4.78, 5) is 23.5. The van der Waals surface area contributed by atoms with Crippen LogP contribution in [0.3, 0.4) is 0 Å². The molecule has 0 aliphatic carbocycles. The maximum absolute atomic E-state index is 12.3. The lowest BCUT2D eigenvalue weighted by molar-refractivity contribution is -0.143. The molecule has 1 heterocycles. The molecule has 20 heavy (non-hydrogen) atoms. The summed E-state index contributed by atoms with van der Waals surface area (Å²) in [6.45, 7) is 5.42. The van der Waals surface area contributed by atoms with Gasteiger partial charge in [-0.15, -0.1) is 0 Å². The predicted molar refractivity (Wildman–Crippen MR) is 75.1 cm³/mol. The van der Waals surface area contributed by atoms with Gasteiger partial charge in [0.2, 0.25) is 5.91 Å².